The molecule has 5 nitrogen and oxygen atoms in total. The molecule has 1 aromatic heterocycles. The van der Waals surface area contributed by atoms with Gasteiger partial charge in [0.1, 0.15) is 0 Å². The fourth-order valence-corrected chi connectivity index (χ4v) is 2.32. The fraction of sp³-hybridized carbons (Fsp3) is 0.417. The Morgan fingerprint density at radius 1 is 1.43 bits per heavy atom. The Bertz CT molecular complexity index is 563. The normalized spacial score (nSPS) is 25.9. The number of aliphatic carboxylic acids is 1. The summed E-state index contributed by atoms with van der Waals surface area (Å²) in [6, 6.07) is 2.77. The molecule has 1 N–H and O–H groups in total. The van der Waals surface area contributed by atoms with Crippen LogP contribution < -0.4 is 0 Å². The maximum absolute atomic E-state index is 14.6. The van der Waals surface area contributed by atoms with E-state index >= 15 is 0 Å². The Kier molecular flexibility index (Phi) is 3.60. The number of pyridine rings is 1. The third-order valence-corrected chi connectivity index (χ3v) is 3.35. The van der Waals surface area contributed by atoms with Gasteiger partial charge in [0.25, 0.3) is 0 Å². The summed E-state index contributed by atoms with van der Waals surface area (Å²) in [7, 11) is 0. The number of nitrogens with zero attached hydrogens (tertiary/aromatic N) is 2. The van der Waals surface area contributed by atoms with Crippen LogP contribution in [0.15, 0.2) is 24.5 Å². The largest absolute Gasteiger partial charge is 0.479 e. The average molecular weight is 306 g/mol. The van der Waals surface area contributed by atoms with Crippen molar-refractivity contribution in [1.29, 1.82) is 0 Å². The van der Waals surface area contributed by atoms with Gasteiger partial charge in [-0.25, -0.2) is 9.18 Å². The number of likely N-dealkylation sites (tertiary alicyclic amines) is 1. The number of hydrogen-bond donors (Lipinski definition) is 1. The summed E-state index contributed by atoms with van der Waals surface area (Å²) in [4.78, 5) is 26.2. The predicted molar refractivity (Wildman–Crippen MR) is 61.1 cm³/mol. The molecule has 0 spiro atoms. The zero-order valence-electron chi connectivity index (χ0n) is 10.5. The zero-order chi connectivity index (χ0) is 15.8. The van der Waals surface area contributed by atoms with E-state index < -0.39 is 42.7 Å². The van der Waals surface area contributed by atoms with Crippen LogP contribution in [0.25, 0.3) is 0 Å². The third kappa shape index (κ3) is 2.67. The Morgan fingerprint density at radius 2 is 2.10 bits per heavy atom. The molecule has 0 unspecified atom stereocenters. The van der Waals surface area contributed by atoms with Crippen molar-refractivity contribution in [3.8, 4) is 0 Å². The molecule has 114 valence electrons. The van der Waals surface area contributed by atoms with Gasteiger partial charge < -0.3 is 10.0 Å². The molecule has 0 bridgehead atoms. The van der Waals surface area contributed by atoms with E-state index in [2.05, 4.69) is 4.98 Å². The van der Waals surface area contributed by atoms with E-state index in [0.29, 0.717) is 0 Å². The fourth-order valence-electron chi connectivity index (χ4n) is 2.32. The number of carboxylic acids is 1. The summed E-state index contributed by atoms with van der Waals surface area (Å²) in [6.07, 6.45) is -2.65. The Balaban J connectivity index is 2.36. The second-order valence-corrected chi connectivity index (χ2v) is 4.69. The van der Waals surface area contributed by atoms with Crippen LogP contribution in [-0.2, 0) is 9.59 Å². The molecule has 0 radical (unpaired) electrons. The van der Waals surface area contributed by atoms with Crippen molar-refractivity contribution in [2.24, 2.45) is 0 Å². The monoisotopic (exact) mass is 306 g/mol. The van der Waals surface area contributed by atoms with E-state index in [4.69, 9.17) is 5.11 Å². The van der Waals surface area contributed by atoms with Gasteiger partial charge in [0.2, 0.25) is 5.67 Å². The molecule has 1 aromatic rings. The number of hydrogen-bond acceptors (Lipinski definition) is 3. The molecule has 2 heterocycles. The van der Waals surface area contributed by atoms with E-state index in [1.54, 1.807) is 0 Å². The molecule has 0 saturated carbocycles. The van der Waals surface area contributed by atoms with Gasteiger partial charge in [-0.3, -0.25) is 9.78 Å². The second kappa shape index (κ2) is 4.97. The van der Waals surface area contributed by atoms with Gasteiger partial charge in [0.15, 0.2) is 0 Å². The second-order valence-electron chi connectivity index (χ2n) is 4.69. The predicted octanol–water partition coefficient (Wildman–Crippen LogP) is 1.36. The van der Waals surface area contributed by atoms with Crippen LogP contribution in [0, 0.1) is 0 Å². The first-order valence-corrected chi connectivity index (χ1v) is 5.84. The van der Waals surface area contributed by atoms with E-state index in [1.807, 2.05) is 0 Å². The Labute approximate surface area is 116 Å². The highest BCUT2D eigenvalue weighted by Gasteiger charge is 2.58. The summed E-state index contributed by atoms with van der Waals surface area (Å²) in [6.45, 7) is -1.83. The molecule has 1 aliphatic rings. The summed E-state index contributed by atoms with van der Waals surface area (Å²) >= 11 is 0. The highest BCUT2D eigenvalue weighted by atomic mass is 19.4. The zero-order valence-corrected chi connectivity index (χ0v) is 10.5. The number of aromatic nitrogens is 1. The van der Waals surface area contributed by atoms with Gasteiger partial charge in [-0.05, 0) is 11.6 Å². The Hall–Kier alpha value is -2.19. The van der Waals surface area contributed by atoms with Gasteiger partial charge in [-0.2, -0.15) is 13.2 Å². The maximum Gasteiger partial charge on any atom is 0.471 e. The van der Waals surface area contributed by atoms with Gasteiger partial charge in [0, 0.05) is 18.9 Å². The first kappa shape index (κ1) is 15.2. The van der Waals surface area contributed by atoms with Crippen molar-refractivity contribution >= 4 is 11.9 Å². The summed E-state index contributed by atoms with van der Waals surface area (Å²) in [5.74, 6) is -5.57. The molecule has 1 amide bonds. The van der Waals surface area contributed by atoms with Gasteiger partial charge in [-0.1, -0.05) is 6.07 Å². The SMILES string of the molecule is O=C(N1C[C@H](c2cccnc2)[C@@](F)(C(=O)O)C1)C(F)(F)F. The molecule has 0 aromatic carbocycles. The lowest BCUT2D eigenvalue weighted by Crippen LogP contribution is -2.44. The van der Waals surface area contributed by atoms with Crippen LogP contribution in [-0.4, -0.2) is 51.8 Å². The molecular weight excluding hydrogens is 296 g/mol. The number of carbonyl (C=O) groups is 2. The van der Waals surface area contributed by atoms with Crippen molar-refractivity contribution in [3.05, 3.63) is 30.1 Å². The highest BCUT2D eigenvalue weighted by Crippen LogP contribution is 2.40. The summed E-state index contributed by atoms with van der Waals surface area (Å²) < 4.78 is 51.8. The minimum atomic E-state index is -5.18. The number of rotatable bonds is 2. The quantitative estimate of drug-likeness (QED) is 0.838. The lowest BCUT2D eigenvalue weighted by molar-refractivity contribution is -0.185. The molecule has 1 aliphatic heterocycles. The van der Waals surface area contributed by atoms with Crippen molar-refractivity contribution in [2.45, 2.75) is 17.8 Å². The molecule has 21 heavy (non-hydrogen) atoms. The minimum absolute atomic E-state index is 0.125. The maximum atomic E-state index is 14.6. The van der Waals surface area contributed by atoms with Crippen LogP contribution >= 0.6 is 0 Å². The number of halogens is 4. The molecule has 1 saturated heterocycles. The van der Waals surface area contributed by atoms with Crippen LogP contribution in [0.1, 0.15) is 11.5 Å². The standard InChI is InChI=1S/C12H10F4N2O3/c13-11(10(20)21)6-18(9(19)12(14,15)16)5-8(11)7-2-1-3-17-4-7/h1-4,8H,5-6H2,(H,20,21)/t8-,11-/m1/s1. The first-order valence-electron chi connectivity index (χ1n) is 5.84. The summed E-state index contributed by atoms with van der Waals surface area (Å²) in [5, 5.41) is 8.99. The van der Waals surface area contributed by atoms with Crippen molar-refractivity contribution in [3.63, 3.8) is 0 Å². The average Bonchev–Trinajstić information content (AvgIpc) is 2.77. The van der Waals surface area contributed by atoms with Gasteiger partial charge in [0.05, 0.1) is 12.5 Å². The first-order chi connectivity index (χ1) is 9.66. The van der Waals surface area contributed by atoms with Gasteiger partial charge in [-0.15, -0.1) is 0 Å². The van der Waals surface area contributed by atoms with E-state index in [0.717, 1.165) is 0 Å². The molecule has 0 aliphatic carbocycles. The minimum Gasteiger partial charge on any atom is -0.479 e. The van der Waals surface area contributed by atoms with E-state index in [1.165, 1.54) is 24.5 Å². The molecular formula is C12H10F4N2O3. The van der Waals surface area contributed by atoms with E-state index in [-0.39, 0.29) is 10.5 Å². The van der Waals surface area contributed by atoms with Crippen LogP contribution in [0.5, 0.6) is 0 Å². The molecule has 2 rings (SSSR count). The third-order valence-electron chi connectivity index (χ3n) is 3.35. The summed E-state index contributed by atoms with van der Waals surface area (Å²) in [5.41, 5.74) is -2.86. The van der Waals surface area contributed by atoms with Gasteiger partial charge >= 0.3 is 18.1 Å². The van der Waals surface area contributed by atoms with Crippen LogP contribution in [0.2, 0.25) is 0 Å². The van der Waals surface area contributed by atoms with Crippen molar-refractivity contribution < 1.29 is 32.3 Å². The highest BCUT2D eigenvalue weighted by molar-refractivity contribution is 5.86. The molecule has 1 fully saturated rings. The van der Waals surface area contributed by atoms with Crippen molar-refractivity contribution in [2.75, 3.05) is 13.1 Å². The van der Waals surface area contributed by atoms with Crippen LogP contribution in [0.3, 0.4) is 0 Å². The molecule has 2 atom stereocenters. The van der Waals surface area contributed by atoms with E-state index in [9.17, 15) is 27.2 Å². The smallest absolute Gasteiger partial charge is 0.471 e. The number of alkyl halides is 4. The number of carbonyl (C=O) groups excluding carboxylic acids is 1. The van der Waals surface area contributed by atoms with Crippen molar-refractivity contribution in [1.82, 2.24) is 9.88 Å². The van der Waals surface area contributed by atoms with Crippen LogP contribution in [0.4, 0.5) is 17.6 Å². The number of amides is 1. The lowest BCUT2D eigenvalue weighted by Gasteiger charge is -2.21. The number of carboxylic acid groups (broad SMARTS) is 1. The Morgan fingerprint density at radius 3 is 2.57 bits per heavy atom. The lowest BCUT2D eigenvalue weighted by atomic mass is 9.87. The topological polar surface area (TPSA) is 70.5 Å². The molecule has 9 heteroatoms.